The second kappa shape index (κ2) is 8.03. The van der Waals surface area contributed by atoms with Crippen molar-refractivity contribution in [1.82, 2.24) is 4.90 Å². The average Bonchev–Trinajstić information content (AvgIpc) is 2.59. The fourth-order valence-electron chi connectivity index (χ4n) is 2.53. The molecule has 4 heteroatoms. The van der Waals surface area contributed by atoms with Crippen LogP contribution in [0.25, 0.3) is 0 Å². The van der Waals surface area contributed by atoms with Crippen molar-refractivity contribution in [2.45, 2.75) is 63.7 Å². The smallest absolute Gasteiger partial charge is 0.0988 e. The van der Waals surface area contributed by atoms with Gasteiger partial charge in [-0.25, -0.2) is 0 Å². The van der Waals surface area contributed by atoms with E-state index in [0.717, 1.165) is 13.0 Å². The third-order valence-corrected chi connectivity index (χ3v) is 3.66. The van der Waals surface area contributed by atoms with Gasteiger partial charge in [-0.15, -0.1) is 0 Å². The Morgan fingerprint density at radius 3 is 2.35 bits per heavy atom. The maximum Gasteiger partial charge on any atom is 0.0988 e. The Bertz CT molecular complexity index is 201. The lowest BCUT2D eigenvalue weighted by Gasteiger charge is -2.23. The number of hydrogen-bond donors (Lipinski definition) is 3. The van der Waals surface area contributed by atoms with Gasteiger partial charge >= 0.3 is 0 Å². The van der Waals surface area contributed by atoms with E-state index in [0.29, 0.717) is 6.54 Å². The summed E-state index contributed by atoms with van der Waals surface area (Å²) >= 11 is 0. The standard InChI is InChI=1S/C13H27NO3/c1-2-3-4-5-6-7-8-14-9-12(16)13(17)11(14)10-15/h11-13,15-17H,2-10H2,1H3/t11-,12-,13-/m0/s1. The Hall–Kier alpha value is -0.160. The van der Waals surface area contributed by atoms with Crippen molar-refractivity contribution < 1.29 is 15.3 Å². The molecule has 3 N–H and O–H groups in total. The van der Waals surface area contributed by atoms with Gasteiger partial charge in [0.15, 0.2) is 0 Å². The number of β-amino-alcohol motifs (C(OH)–C–C–N with tert-alkyl or cyclic N) is 1. The average molecular weight is 245 g/mol. The summed E-state index contributed by atoms with van der Waals surface area (Å²) in [6, 6.07) is -0.277. The van der Waals surface area contributed by atoms with Crippen LogP contribution >= 0.6 is 0 Å². The molecule has 1 aliphatic rings. The maximum atomic E-state index is 9.65. The first kappa shape index (κ1) is 14.9. The highest BCUT2D eigenvalue weighted by molar-refractivity contribution is 4.92. The van der Waals surface area contributed by atoms with Gasteiger partial charge in [-0.2, -0.15) is 0 Å². The molecule has 1 rings (SSSR count). The van der Waals surface area contributed by atoms with Gasteiger partial charge in [-0.1, -0.05) is 39.0 Å². The molecule has 0 spiro atoms. The normalized spacial score (nSPS) is 30.0. The summed E-state index contributed by atoms with van der Waals surface area (Å²) in [6.07, 6.45) is 5.91. The van der Waals surface area contributed by atoms with Crippen LogP contribution in [0.3, 0.4) is 0 Å². The lowest BCUT2D eigenvalue weighted by Crippen LogP contribution is -2.39. The molecule has 0 aromatic heterocycles. The third kappa shape index (κ3) is 4.54. The molecule has 0 aromatic rings. The van der Waals surface area contributed by atoms with Crippen molar-refractivity contribution in [2.24, 2.45) is 0 Å². The number of rotatable bonds is 8. The van der Waals surface area contributed by atoms with Crippen LogP contribution in [0.1, 0.15) is 45.4 Å². The van der Waals surface area contributed by atoms with Crippen molar-refractivity contribution >= 4 is 0 Å². The fraction of sp³-hybridized carbons (Fsp3) is 1.00. The van der Waals surface area contributed by atoms with E-state index >= 15 is 0 Å². The van der Waals surface area contributed by atoms with Crippen LogP contribution in [0, 0.1) is 0 Å². The molecule has 0 saturated carbocycles. The molecule has 1 fully saturated rings. The highest BCUT2D eigenvalue weighted by Crippen LogP contribution is 2.19. The van der Waals surface area contributed by atoms with Crippen LogP contribution in [0.15, 0.2) is 0 Å². The van der Waals surface area contributed by atoms with E-state index in [9.17, 15) is 15.3 Å². The number of aliphatic hydroxyl groups is 3. The zero-order valence-electron chi connectivity index (χ0n) is 10.9. The largest absolute Gasteiger partial charge is 0.395 e. The van der Waals surface area contributed by atoms with Crippen LogP contribution in [-0.2, 0) is 0 Å². The zero-order chi connectivity index (χ0) is 12.7. The van der Waals surface area contributed by atoms with Crippen LogP contribution in [0.2, 0.25) is 0 Å². The zero-order valence-corrected chi connectivity index (χ0v) is 10.9. The topological polar surface area (TPSA) is 63.9 Å². The van der Waals surface area contributed by atoms with Crippen molar-refractivity contribution in [3.05, 3.63) is 0 Å². The third-order valence-electron chi connectivity index (χ3n) is 3.66. The van der Waals surface area contributed by atoms with E-state index in [2.05, 4.69) is 6.92 Å². The minimum Gasteiger partial charge on any atom is -0.395 e. The van der Waals surface area contributed by atoms with Crippen molar-refractivity contribution in [3.63, 3.8) is 0 Å². The van der Waals surface area contributed by atoms with Gasteiger partial charge in [0.25, 0.3) is 0 Å². The van der Waals surface area contributed by atoms with E-state index in [1.54, 1.807) is 0 Å². The number of aliphatic hydroxyl groups excluding tert-OH is 3. The molecule has 0 unspecified atom stereocenters. The van der Waals surface area contributed by atoms with E-state index in [4.69, 9.17) is 0 Å². The van der Waals surface area contributed by atoms with Gasteiger partial charge < -0.3 is 15.3 Å². The minimum absolute atomic E-state index is 0.0753. The predicted octanol–water partition coefficient (Wildman–Crippen LogP) is 0.745. The number of likely N-dealkylation sites (tertiary alicyclic amines) is 1. The lowest BCUT2D eigenvalue weighted by molar-refractivity contribution is 0.0216. The second-order valence-electron chi connectivity index (χ2n) is 5.07. The highest BCUT2D eigenvalue weighted by atomic mass is 16.3. The first-order chi connectivity index (χ1) is 8.20. The molecule has 0 aromatic carbocycles. The minimum atomic E-state index is -0.792. The summed E-state index contributed by atoms with van der Waals surface area (Å²) in [5.74, 6) is 0. The molecule has 0 radical (unpaired) electrons. The molecule has 1 saturated heterocycles. The molecule has 0 amide bonds. The van der Waals surface area contributed by atoms with Crippen molar-refractivity contribution in [1.29, 1.82) is 0 Å². The van der Waals surface area contributed by atoms with Crippen LogP contribution in [0.5, 0.6) is 0 Å². The number of unbranched alkanes of at least 4 members (excludes halogenated alkanes) is 5. The highest BCUT2D eigenvalue weighted by Gasteiger charge is 2.38. The Kier molecular flexibility index (Phi) is 7.04. The molecular weight excluding hydrogens is 218 g/mol. The Morgan fingerprint density at radius 2 is 1.71 bits per heavy atom. The van der Waals surface area contributed by atoms with Gasteiger partial charge in [-0.05, 0) is 13.0 Å². The van der Waals surface area contributed by atoms with Crippen LogP contribution in [0.4, 0.5) is 0 Å². The molecule has 102 valence electrons. The fourth-order valence-corrected chi connectivity index (χ4v) is 2.53. The first-order valence-electron chi connectivity index (χ1n) is 6.91. The van der Waals surface area contributed by atoms with Crippen LogP contribution in [-0.4, -0.2) is 58.2 Å². The van der Waals surface area contributed by atoms with Crippen molar-refractivity contribution in [3.8, 4) is 0 Å². The van der Waals surface area contributed by atoms with Crippen LogP contribution < -0.4 is 0 Å². The number of hydrogen-bond acceptors (Lipinski definition) is 4. The monoisotopic (exact) mass is 245 g/mol. The molecule has 17 heavy (non-hydrogen) atoms. The predicted molar refractivity (Wildman–Crippen MR) is 67.8 cm³/mol. The second-order valence-corrected chi connectivity index (χ2v) is 5.07. The lowest BCUT2D eigenvalue weighted by atomic mass is 10.1. The molecule has 0 aliphatic carbocycles. The molecule has 1 heterocycles. The van der Waals surface area contributed by atoms with E-state index in [1.807, 2.05) is 4.90 Å². The Labute approximate surface area is 104 Å². The van der Waals surface area contributed by atoms with Crippen molar-refractivity contribution in [2.75, 3.05) is 19.7 Å². The SMILES string of the molecule is CCCCCCCCN1C[C@H](O)[C@@H](O)[C@@H]1CO. The summed E-state index contributed by atoms with van der Waals surface area (Å²) in [4.78, 5) is 2.01. The molecule has 1 aliphatic heterocycles. The summed E-state index contributed by atoms with van der Waals surface area (Å²) in [5.41, 5.74) is 0. The Morgan fingerprint density at radius 1 is 1.06 bits per heavy atom. The molecular formula is C13H27NO3. The van der Waals surface area contributed by atoms with E-state index in [-0.39, 0.29) is 12.6 Å². The van der Waals surface area contributed by atoms with E-state index in [1.165, 1.54) is 32.1 Å². The Balaban J connectivity index is 2.14. The maximum absolute atomic E-state index is 9.65. The van der Waals surface area contributed by atoms with Gasteiger partial charge in [0.1, 0.15) is 0 Å². The van der Waals surface area contributed by atoms with Gasteiger partial charge in [0.05, 0.1) is 24.9 Å². The van der Waals surface area contributed by atoms with Gasteiger partial charge in [0, 0.05) is 6.54 Å². The number of nitrogens with zero attached hydrogens (tertiary/aromatic N) is 1. The van der Waals surface area contributed by atoms with Gasteiger partial charge in [0.2, 0.25) is 0 Å². The molecule has 3 atom stereocenters. The summed E-state index contributed by atoms with van der Waals surface area (Å²) in [6.45, 7) is 3.49. The molecule has 0 bridgehead atoms. The molecule has 4 nitrogen and oxygen atoms in total. The van der Waals surface area contributed by atoms with Gasteiger partial charge in [-0.3, -0.25) is 4.90 Å². The van der Waals surface area contributed by atoms with E-state index < -0.39 is 12.2 Å². The quantitative estimate of drug-likeness (QED) is 0.552. The summed E-state index contributed by atoms with van der Waals surface area (Å²) < 4.78 is 0. The first-order valence-corrected chi connectivity index (χ1v) is 6.91. The summed E-state index contributed by atoms with van der Waals surface area (Å²) in [5, 5.41) is 28.4. The summed E-state index contributed by atoms with van der Waals surface area (Å²) in [7, 11) is 0.